The van der Waals surface area contributed by atoms with E-state index in [-0.39, 0.29) is 23.9 Å². The summed E-state index contributed by atoms with van der Waals surface area (Å²) in [5.41, 5.74) is 1.82. The van der Waals surface area contributed by atoms with E-state index in [1.807, 2.05) is 25.2 Å². The van der Waals surface area contributed by atoms with Gasteiger partial charge in [0.05, 0.1) is 11.2 Å². The van der Waals surface area contributed by atoms with Crippen molar-refractivity contribution in [3.05, 3.63) is 83.6 Å². The monoisotopic (exact) mass is 503 g/mol. The molecule has 1 heterocycles. The fraction of sp³-hybridized carbons (Fsp3) is 0.286. The van der Waals surface area contributed by atoms with E-state index in [1.54, 1.807) is 36.6 Å². The van der Waals surface area contributed by atoms with Crippen molar-refractivity contribution in [3.63, 3.8) is 0 Å². The van der Waals surface area contributed by atoms with Gasteiger partial charge >= 0.3 is 0 Å². The van der Waals surface area contributed by atoms with E-state index in [0.717, 1.165) is 6.92 Å². The molecule has 1 aromatic heterocycles. The Kier molecular flexibility index (Phi) is 10.2. The maximum absolute atomic E-state index is 14.4. The van der Waals surface area contributed by atoms with Crippen LogP contribution >= 0.6 is 0 Å². The minimum Gasteiger partial charge on any atom is -0.486 e. The molecule has 1 unspecified atom stereocenters. The van der Waals surface area contributed by atoms with Crippen LogP contribution in [0.1, 0.15) is 43.7 Å². The molecule has 192 valence electrons. The van der Waals surface area contributed by atoms with Gasteiger partial charge in [0.15, 0.2) is 11.6 Å². The van der Waals surface area contributed by atoms with Crippen molar-refractivity contribution in [2.75, 3.05) is 6.61 Å². The second-order valence-electron chi connectivity index (χ2n) is 8.18. The van der Waals surface area contributed by atoms with Crippen molar-refractivity contribution >= 4 is 22.5 Å². The third-order valence-corrected chi connectivity index (χ3v) is 5.09. The van der Waals surface area contributed by atoms with Gasteiger partial charge < -0.3 is 9.30 Å². The number of hydrogen-bond acceptors (Lipinski definition) is 3. The van der Waals surface area contributed by atoms with E-state index in [0.29, 0.717) is 27.8 Å². The molecule has 0 bridgehead atoms. The summed E-state index contributed by atoms with van der Waals surface area (Å²) in [5, 5.41) is 0.579. The van der Waals surface area contributed by atoms with E-state index >= 15 is 0 Å². The topological polar surface area (TPSA) is 48.3 Å². The van der Waals surface area contributed by atoms with E-state index in [4.69, 9.17) is 4.74 Å². The average Bonchev–Trinajstić information content (AvgIpc) is 3.07. The lowest BCUT2D eigenvalue weighted by Gasteiger charge is -2.12. The zero-order valence-electron chi connectivity index (χ0n) is 20.8. The summed E-state index contributed by atoms with van der Waals surface area (Å²) >= 11 is 0. The normalized spacial score (nSPS) is 12.3. The van der Waals surface area contributed by atoms with Crippen LogP contribution in [0, 0.1) is 24.5 Å². The van der Waals surface area contributed by atoms with Gasteiger partial charge in [0, 0.05) is 34.7 Å². The molecule has 3 rings (SSSR count). The lowest BCUT2D eigenvalue weighted by molar-refractivity contribution is -0.118. The first kappa shape index (κ1) is 28.6. The first-order chi connectivity index (χ1) is 17.0. The highest BCUT2D eigenvalue weighted by Crippen LogP contribution is 2.33. The second-order valence-corrected chi connectivity index (χ2v) is 8.18. The maximum atomic E-state index is 14.4. The van der Waals surface area contributed by atoms with Crippen LogP contribution in [-0.2, 0) is 4.79 Å². The quantitative estimate of drug-likeness (QED) is 0.183. The highest BCUT2D eigenvalue weighted by molar-refractivity contribution is 6.11. The zero-order valence-corrected chi connectivity index (χ0v) is 20.8. The third kappa shape index (κ3) is 7.41. The van der Waals surface area contributed by atoms with Crippen molar-refractivity contribution in [1.82, 2.24) is 4.57 Å². The van der Waals surface area contributed by atoms with Crippen LogP contribution in [-0.4, -0.2) is 29.2 Å². The predicted octanol–water partition coefficient (Wildman–Crippen LogP) is 7.41. The fourth-order valence-electron chi connectivity index (χ4n) is 3.63. The zero-order chi connectivity index (χ0) is 27.0. The molecule has 0 N–H and O–H groups in total. The van der Waals surface area contributed by atoms with Crippen molar-refractivity contribution in [2.24, 2.45) is 5.92 Å². The van der Waals surface area contributed by atoms with Gasteiger partial charge in [0.1, 0.15) is 24.0 Å². The van der Waals surface area contributed by atoms with Gasteiger partial charge in [0.2, 0.25) is 6.43 Å². The number of allylic oxidation sites excluding steroid dienone is 4. The molecular formula is C28H29F4NO3. The molecule has 0 radical (unpaired) electrons. The standard InChI is InChI=1S/C26H25F2NO3.C2H4F2/c1-5-6-7-8-16(2)26(31)25-18(4)29(24-13-19(27)9-10-23(24)25)21-11-20(28)12-22(14-21)32-15-17(3)30;1-2(3)4/h5-14,16H,15H2,1-4H3;2H,1H3/b6-5-,8-7-;. The van der Waals surface area contributed by atoms with Gasteiger partial charge in [-0.05, 0) is 52.0 Å². The number of halogens is 4. The van der Waals surface area contributed by atoms with E-state index in [9.17, 15) is 27.2 Å². The molecule has 0 aliphatic heterocycles. The molecule has 1 atom stereocenters. The molecule has 4 nitrogen and oxygen atoms in total. The number of aromatic nitrogens is 1. The van der Waals surface area contributed by atoms with Gasteiger partial charge in [-0.2, -0.15) is 0 Å². The number of carbonyl (C=O) groups is 2. The van der Waals surface area contributed by atoms with Crippen LogP contribution in [0.15, 0.2) is 60.7 Å². The van der Waals surface area contributed by atoms with Crippen molar-refractivity contribution in [2.45, 2.75) is 41.0 Å². The molecule has 0 amide bonds. The summed E-state index contributed by atoms with van der Waals surface area (Å²) in [6, 6.07) is 8.20. The van der Waals surface area contributed by atoms with Gasteiger partial charge in [-0.3, -0.25) is 9.59 Å². The molecule has 0 aliphatic carbocycles. The number of hydrogen-bond donors (Lipinski definition) is 0. The Morgan fingerprint density at radius 2 is 1.69 bits per heavy atom. The van der Waals surface area contributed by atoms with Gasteiger partial charge in [-0.1, -0.05) is 31.2 Å². The Morgan fingerprint density at radius 1 is 1.03 bits per heavy atom. The number of Topliss-reactive ketones (excluding diaryl/α,β-unsaturated/α-hetero) is 2. The van der Waals surface area contributed by atoms with Crippen molar-refractivity contribution in [1.29, 1.82) is 0 Å². The van der Waals surface area contributed by atoms with Crippen molar-refractivity contribution in [3.8, 4) is 11.4 Å². The van der Waals surface area contributed by atoms with Crippen LogP contribution in [0.5, 0.6) is 5.75 Å². The Bertz CT molecular complexity index is 1290. The smallest absolute Gasteiger partial charge is 0.235 e. The minimum absolute atomic E-state index is 0.122. The molecule has 0 saturated heterocycles. The van der Waals surface area contributed by atoms with Crippen molar-refractivity contribution < 1.29 is 31.9 Å². The number of rotatable bonds is 8. The Balaban J connectivity index is 0.00000106. The van der Waals surface area contributed by atoms with E-state index in [1.165, 1.54) is 31.2 Å². The molecule has 8 heteroatoms. The number of alkyl halides is 2. The summed E-state index contributed by atoms with van der Waals surface area (Å²) in [4.78, 5) is 24.5. The number of ether oxygens (including phenoxy) is 1. The fourth-order valence-corrected chi connectivity index (χ4v) is 3.63. The van der Waals surface area contributed by atoms with Crippen LogP contribution in [0.2, 0.25) is 0 Å². The molecule has 3 aromatic rings. The molecule has 36 heavy (non-hydrogen) atoms. The highest BCUT2D eigenvalue weighted by Gasteiger charge is 2.24. The lowest BCUT2D eigenvalue weighted by Crippen LogP contribution is -2.11. The van der Waals surface area contributed by atoms with Gasteiger partial charge in [-0.25, -0.2) is 17.6 Å². The number of ketones is 2. The van der Waals surface area contributed by atoms with Crippen LogP contribution < -0.4 is 4.74 Å². The summed E-state index contributed by atoms with van der Waals surface area (Å²) in [6.07, 6.45) is 5.14. The third-order valence-electron chi connectivity index (χ3n) is 5.09. The molecule has 0 saturated carbocycles. The van der Waals surface area contributed by atoms with Crippen LogP contribution in [0.4, 0.5) is 17.6 Å². The largest absolute Gasteiger partial charge is 0.486 e. The van der Waals surface area contributed by atoms with E-state index in [2.05, 4.69) is 0 Å². The maximum Gasteiger partial charge on any atom is 0.235 e. The molecular weight excluding hydrogens is 474 g/mol. The Morgan fingerprint density at radius 3 is 2.31 bits per heavy atom. The SMILES string of the molecule is C/C=C\C=C/C(C)C(=O)c1c(C)n(-c2cc(F)cc(OCC(C)=O)c2)c2cc(F)ccc12.CC(F)F. The molecule has 0 spiro atoms. The first-order valence-electron chi connectivity index (χ1n) is 11.3. The highest BCUT2D eigenvalue weighted by atomic mass is 19.3. The average molecular weight is 504 g/mol. The summed E-state index contributed by atoms with van der Waals surface area (Å²) < 4.78 is 56.2. The summed E-state index contributed by atoms with van der Waals surface area (Å²) in [5.74, 6) is -1.61. The lowest BCUT2D eigenvalue weighted by atomic mass is 9.96. The number of fused-ring (bicyclic) bond motifs is 1. The molecule has 2 aromatic carbocycles. The number of benzene rings is 2. The predicted molar refractivity (Wildman–Crippen MR) is 133 cm³/mol. The van der Waals surface area contributed by atoms with E-state index < -0.39 is 24.0 Å². The van der Waals surface area contributed by atoms with Crippen LogP contribution in [0.3, 0.4) is 0 Å². The number of carbonyl (C=O) groups excluding carboxylic acids is 2. The first-order valence-corrected chi connectivity index (χ1v) is 11.3. The van der Waals surface area contributed by atoms with Gasteiger partial charge in [0.25, 0.3) is 0 Å². The second kappa shape index (κ2) is 12.9. The minimum atomic E-state index is -2.17. The van der Waals surface area contributed by atoms with Gasteiger partial charge in [-0.15, -0.1) is 0 Å². The molecule has 0 aliphatic rings. The molecule has 0 fully saturated rings. The summed E-state index contributed by atoms with van der Waals surface area (Å²) in [6.45, 7) is 7.44. The Labute approximate surface area is 207 Å². The van der Waals surface area contributed by atoms with Crippen LogP contribution in [0.25, 0.3) is 16.6 Å². The number of nitrogens with zero attached hydrogens (tertiary/aromatic N) is 1. The Hall–Kier alpha value is -3.68. The summed E-state index contributed by atoms with van der Waals surface area (Å²) in [7, 11) is 0.